The van der Waals surface area contributed by atoms with E-state index in [0.717, 1.165) is 25.8 Å². The molecule has 2 fully saturated rings. The highest BCUT2D eigenvalue weighted by Crippen LogP contribution is 2.17. The third-order valence-corrected chi connectivity index (χ3v) is 4.94. The third kappa shape index (κ3) is 7.28. The van der Waals surface area contributed by atoms with Crippen LogP contribution in [-0.4, -0.2) is 61.4 Å². The summed E-state index contributed by atoms with van der Waals surface area (Å²) < 4.78 is 0. The number of halogens is 1. The second-order valence-electron chi connectivity index (χ2n) is 7.40. The summed E-state index contributed by atoms with van der Waals surface area (Å²) in [6, 6.07) is 0.499. The van der Waals surface area contributed by atoms with E-state index < -0.39 is 0 Å². The number of hydrogen-bond acceptors (Lipinski definition) is 3. The monoisotopic (exact) mass is 479 g/mol. The fourth-order valence-corrected chi connectivity index (χ4v) is 3.52. The largest absolute Gasteiger partial charge is 0.352 e. The lowest BCUT2D eigenvalue weighted by molar-refractivity contribution is -0.133. The Balaban J connectivity index is 0.00000338. The van der Waals surface area contributed by atoms with Crippen molar-refractivity contribution in [3.63, 3.8) is 0 Å². The fraction of sp³-hybridized carbons (Fsp3) is 0.833. The Kier molecular flexibility index (Phi) is 10.3. The SMILES string of the molecule is CN=C(NCC(=O)NC1CCCCC1)NC1CCN(C(=O)C(C)C)C1.I. The minimum Gasteiger partial charge on any atom is -0.352 e. The first-order valence-corrected chi connectivity index (χ1v) is 9.55. The van der Waals surface area contributed by atoms with Crippen molar-refractivity contribution < 1.29 is 9.59 Å². The summed E-state index contributed by atoms with van der Waals surface area (Å²) in [7, 11) is 1.69. The molecule has 0 aromatic heterocycles. The first kappa shape index (κ1) is 23.0. The number of likely N-dealkylation sites (tertiary alicyclic amines) is 1. The lowest BCUT2D eigenvalue weighted by Gasteiger charge is -2.23. The molecule has 2 amide bonds. The fourth-order valence-electron chi connectivity index (χ4n) is 3.52. The maximum atomic E-state index is 12.1. The lowest BCUT2D eigenvalue weighted by Crippen LogP contribution is -2.49. The highest BCUT2D eigenvalue weighted by atomic mass is 127. The highest BCUT2D eigenvalue weighted by Gasteiger charge is 2.28. The molecule has 0 aromatic rings. The van der Waals surface area contributed by atoms with Crippen molar-refractivity contribution in [2.75, 3.05) is 26.7 Å². The van der Waals surface area contributed by atoms with Crippen molar-refractivity contribution in [3.05, 3.63) is 0 Å². The molecule has 8 heteroatoms. The average Bonchev–Trinajstić information content (AvgIpc) is 3.07. The van der Waals surface area contributed by atoms with Gasteiger partial charge in [0.2, 0.25) is 11.8 Å². The molecular formula is C18H34IN5O2. The maximum Gasteiger partial charge on any atom is 0.239 e. The van der Waals surface area contributed by atoms with Crippen LogP contribution in [0.25, 0.3) is 0 Å². The summed E-state index contributed by atoms with van der Waals surface area (Å²) in [4.78, 5) is 30.2. The molecule has 1 unspecified atom stereocenters. The van der Waals surface area contributed by atoms with Gasteiger partial charge < -0.3 is 20.9 Å². The number of nitrogens with zero attached hydrogens (tertiary/aromatic N) is 2. The molecule has 1 heterocycles. The number of carbonyl (C=O) groups excluding carboxylic acids is 2. The van der Waals surface area contributed by atoms with Crippen molar-refractivity contribution in [2.45, 2.75) is 64.5 Å². The Bertz CT molecular complexity index is 492. The van der Waals surface area contributed by atoms with E-state index in [9.17, 15) is 9.59 Å². The molecule has 1 aliphatic heterocycles. The Morgan fingerprint density at radius 3 is 2.38 bits per heavy atom. The number of aliphatic imine (C=N–C) groups is 1. The predicted octanol–water partition coefficient (Wildman–Crippen LogP) is 1.48. The van der Waals surface area contributed by atoms with Crippen molar-refractivity contribution in [2.24, 2.45) is 10.9 Å². The van der Waals surface area contributed by atoms with Crippen LogP contribution in [0.1, 0.15) is 52.4 Å². The highest BCUT2D eigenvalue weighted by molar-refractivity contribution is 14.0. The van der Waals surface area contributed by atoms with Gasteiger partial charge >= 0.3 is 0 Å². The number of guanidine groups is 1. The Morgan fingerprint density at radius 2 is 1.77 bits per heavy atom. The number of nitrogens with one attached hydrogen (secondary N) is 3. The molecule has 0 aromatic carbocycles. The van der Waals surface area contributed by atoms with Gasteiger partial charge in [-0.25, -0.2) is 0 Å². The van der Waals surface area contributed by atoms with Crippen LogP contribution in [0, 0.1) is 5.92 Å². The molecule has 1 aliphatic carbocycles. The van der Waals surface area contributed by atoms with Crippen LogP contribution >= 0.6 is 24.0 Å². The third-order valence-electron chi connectivity index (χ3n) is 4.94. The van der Waals surface area contributed by atoms with Gasteiger partial charge in [-0.3, -0.25) is 14.6 Å². The van der Waals surface area contributed by atoms with Gasteiger partial charge in [-0.1, -0.05) is 33.1 Å². The quantitative estimate of drug-likeness (QED) is 0.317. The minimum atomic E-state index is 0. The van der Waals surface area contributed by atoms with Gasteiger partial charge in [0.05, 0.1) is 6.54 Å². The van der Waals surface area contributed by atoms with Crippen molar-refractivity contribution in [1.29, 1.82) is 0 Å². The standard InChI is InChI=1S/C18H33N5O2.HI/c1-13(2)17(25)23-10-9-15(12-23)22-18(19-3)20-11-16(24)21-14-7-5-4-6-8-14;/h13-15H,4-12H2,1-3H3,(H,21,24)(H2,19,20,22);1H. The molecule has 26 heavy (non-hydrogen) atoms. The molecule has 2 rings (SSSR count). The van der Waals surface area contributed by atoms with Crippen LogP contribution in [0.15, 0.2) is 4.99 Å². The normalized spacial score (nSPS) is 21.3. The molecule has 1 saturated carbocycles. The van der Waals surface area contributed by atoms with E-state index in [0.29, 0.717) is 18.5 Å². The smallest absolute Gasteiger partial charge is 0.239 e. The summed E-state index contributed by atoms with van der Waals surface area (Å²) in [5, 5.41) is 9.48. The molecular weight excluding hydrogens is 445 g/mol. The first-order valence-electron chi connectivity index (χ1n) is 9.55. The molecule has 0 spiro atoms. The number of amides is 2. The molecule has 7 nitrogen and oxygen atoms in total. The van der Waals surface area contributed by atoms with Crippen LogP contribution in [0.2, 0.25) is 0 Å². The van der Waals surface area contributed by atoms with Crippen LogP contribution in [0.3, 0.4) is 0 Å². The van der Waals surface area contributed by atoms with Gasteiger partial charge in [0.1, 0.15) is 0 Å². The Morgan fingerprint density at radius 1 is 1.08 bits per heavy atom. The van der Waals surface area contributed by atoms with Gasteiger partial charge in [0.15, 0.2) is 5.96 Å². The van der Waals surface area contributed by atoms with Gasteiger partial charge in [0, 0.05) is 38.1 Å². The van der Waals surface area contributed by atoms with E-state index in [1.165, 1.54) is 19.3 Å². The lowest BCUT2D eigenvalue weighted by atomic mass is 9.95. The Hall–Kier alpha value is -1.06. The van der Waals surface area contributed by atoms with Gasteiger partial charge in [-0.15, -0.1) is 24.0 Å². The molecule has 1 atom stereocenters. The second kappa shape index (κ2) is 11.6. The molecule has 3 N–H and O–H groups in total. The molecule has 0 bridgehead atoms. The summed E-state index contributed by atoms with van der Waals surface area (Å²) in [5.41, 5.74) is 0. The van der Waals surface area contributed by atoms with E-state index in [1.54, 1.807) is 7.05 Å². The van der Waals surface area contributed by atoms with Crippen LogP contribution in [0.5, 0.6) is 0 Å². The molecule has 1 saturated heterocycles. The van der Waals surface area contributed by atoms with Crippen molar-refractivity contribution in [1.82, 2.24) is 20.9 Å². The van der Waals surface area contributed by atoms with Crippen LogP contribution in [-0.2, 0) is 9.59 Å². The second-order valence-corrected chi connectivity index (χ2v) is 7.40. The minimum absolute atomic E-state index is 0. The van der Waals surface area contributed by atoms with E-state index in [2.05, 4.69) is 20.9 Å². The number of rotatable bonds is 5. The Labute approximate surface area is 174 Å². The van der Waals surface area contributed by atoms with E-state index in [-0.39, 0.29) is 54.3 Å². The first-order chi connectivity index (χ1) is 12.0. The maximum absolute atomic E-state index is 12.1. The van der Waals surface area contributed by atoms with Gasteiger partial charge in [0.25, 0.3) is 0 Å². The van der Waals surface area contributed by atoms with Crippen LogP contribution in [0.4, 0.5) is 0 Å². The topological polar surface area (TPSA) is 85.8 Å². The molecule has 0 radical (unpaired) electrons. The van der Waals surface area contributed by atoms with Crippen molar-refractivity contribution in [3.8, 4) is 0 Å². The van der Waals surface area contributed by atoms with E-state index in [4.69, 9.17) is 0 Å². The van der Waals surface area contributed by atoms with Gasteiger partial charge in [-0.05, 0) is 19.3 Å². The number of carbonyl (C=O) groups is 2. The average molecular weight is 479 g/mol. The van der Waals surface area contributed by atoms with E-state index in [1.807, 2.05) is 18.7 Å². The van der Waals surface area contributed by atoms with Crippen molar-refractivity contribution >= 4 is 41.8 Å². The molecule has 150 valence electrons. The molecule has 2 aliphatic rings. The zero-order valence-corrected chi connectivity index (χ0v) is 18.5. The van der Waals surface area contributed by atoms with Gasteiger partial charge in [-0.2, -0.15) is 0 Å². The summed E-state index contributed by atoms with van der Waals surface area (Å²) >= 11 is 0. The summed E-state index contributed by atoms with van der Waals surface area (Å²) in [6.07, 6.45) is 6.75. The van der Waals surface area contributed by atoms with E-state index >= 15 is 0 Å². The number of hydrogen-bond donors (Lipinski definition) is 3. The van der Waals surface area contributed by atoms with Crippen LogP contribution < -0.4 is 16.0 Å². The zero-order chi connectivity index (χ0) is 18.2. The zero-order valence-electron chi connectivity index (χ0n) is 16.2. The summed E-state index contributed by atoms with van der Waals surface area (Å²) in [6.45, 7) is 5.53. The summed E-state index contributed by atoms with van der Waals surface area (Å²) in [5.74, 6) is 0.847. The predicted molar refractivity (Wildman–Crippen MR) is 115 cm³/mol.